The van der Waals surface area contributed by atoms with Crippen LogP contribution in [0.1, 0.15) is 34.1 Å². The van der Waals surface area contributed by atoms with Crippen molar-refractivity contribution in [1.82, 2.24) is 4.90 Å². The molecule has 1 heterocycles. The van der Waals surface area contributed by atoms with Crippen LogP contribution in [0.5, 0.6) is 0 Å². The van der Waals surface area contributed by atoms with E-state index in [0.29, 0.717) is 11.6 Å². The molecule has 2 amide bonds. The largest absolute Gasteiger partial charge is 0.277 e. The van der Waals surface area contributed by atoms with Crippen LogP contribution >= 0.6 is 11.6 Å². The van der Waals surface area contributed by atoms with E-state index in [1.54, 1.807) is 0 Å². The summed E-state index contributed by atoms with van der Waals surface area (Å²) in [6.07, 6.45) is 4.14. The van der Waals surface area contributed by atoms with Gasteiger partial charge in [-0.1, -0.05) is 90.5 Å². The summed E-state index contributed by atoms with van der Waals surface area (Å²) >= 11 is 6.14. The quantitative estimate of drug-likeness (QED) is 0.426. The minimum Gasteiger partial charge on any atom is -0.277 e. The molecule has 0 aromatic heterocycles. The Morgan fingerprint density at radius 3 is 2.35 bits per heavy atom. The second-order valence-electron chi connectivity index (χ2n) is 8.61. The molecule has 3 nitrogen and oxygen atoms in total. The third kappa shape index (κ3) is 2.47. The zero-order valence-corrected chi connectivity index (χ0v) is 17.5. The third-order valence-corrected chi connectivity index (χ3v) is 7.39. The van der Waals surface area contributed by atoms with Crippen molar-refractivity contribution >= 4 is 23.4 Å². The maximum atomic E-state index is 14.0. The van der Waals surface area contributed by atoms with Crippen molar-refractivity contribution in [1.29, 1.82) is 0 Å². The number of benzene rings is 3. The molecular formula is C27H20ClNO2. The fourth-order valence-electron chi connectivity index (χ4n) is 5.85. The second kappa shape index (κ2) is 6.66. The fourth-order valence-corrected chi connectivity index (χ4v) is 5.97. The Morgan fingerprint density at radius 1 is 0.871 bits per heavy atom. The van der Waals surface area contributed by atoms with E-state index in [9.17, 15) is 9.59 Å². The molecule has 0 saturated carbocycles. The lowest BCUT2D eigenvalue weighted by molar-refractivity contribution is -0.140. The van der Waals surface area contributed by atoms with Crippen LogP contribution in [-0.2, 0) is 21.5 Å². The van der Waals surface area contributed by atoms with Crippen LogP contribution in [-0.4, -0.2) is 16.7 Å². The number of carbonyl (C=O) groups is 2. The highest BCUT2D eigenvalue weighted by Crippen LogP contribution is 2.62. The van der Waals surface area contributed by atoms with E-state index >= 15 is 0 Å². The lowest BCUT2D eigenvalue weighted by atomic mass is 9.51. The Hall–Kier alpha value is -3.17. The molecule has 1 aliphatic heterocycles. The molecule has 31 heavy (non-hydrogen) atoms. The zero-order chi connectivity index (χ0) is 21.2. The summed E-state index contributed by atoms with van der Waals surface area (Å²) in [6.45, 7) is 0.296. The lowest BCUT2D eigenvalue weighted by Crippen LogP contribution is -2.49. The van der Waals surface area contributed by atoms with Crippen molar-refractivity contribution in [3.8, 4) is 0 Å². The predicted molar refractivity (Wildman–Crippen MR) is 120 cm³/mol. The molecule has 3 aromatic carbocycles. The Morgan fingerprint density at radius 2 is 1.58 bits per heavy atom. The van der Waals surface area contributed by atoms with Crippen LogP contribution in [0.3, 0.4) is 0 Å². The summed E-state index contributed by atoms with van der Waals surface area (Å²) in [6, 6.07) is 25.5. The maximum Gasteiger partial charge on any atom is 0.244 e. The van der Waals surface area contributed by atoms with Crippen molar-refractivity contribution in [2.24, 2.45) is 5.92 Å². The highest BCUT2D eigenvalue weighted by atomic mass is 35.5. The number of likely N-dealkylation sites (tertiary alicyclic amines) is 1. The summed E-state index contributed by atoms with van der Waals surface area (Å²) in [5.74, 6) is -0.702. The maximum absolute atomic E-state index is 14.0. The van der Waals surface area contributed by atoms with Gasteiger partial charge in [0.25, 0.3) is 0 Å². The zero-order valence-electron chi connectivity index (χ0n) is 16.7. The van der Waals surface area contributed by atoms with Gasteiger partial charge in [0.05, 0.1) is 12.5 Å². The van der Waals surface area contributed by atoms with E-state index in [1.807, 2.05) is 78.9 Å². The molecule has 4 atom stereocenters. The molecule has 1 spiro atoms. The monoisotopic (exact) mass is 425 g/mol. The van der Waals surface area contributed by atoms with Gasteiger partial charge in [-0.25, -0.2) is 0 Å². The molecule has 1 saturated heterocycles. The average Bonchev–Trinajstić information content (AvgIpc) is 3.03. The van der Waals surface area contributed by atoms with Crippen LogP contribution < -0.4 is 0 Å². The molecular weight excluding hydrogens is 406 g/mol. The molecule has 0 N–H and O–H groups in total. The van der Waals surface area contributed by atoms with Crippen molar-refractivity contribution in [2.45, 2.75) is 23.8 Å². The number of hydrogen-bond acceptors (Lipinski definition) is 2. The predicted octanol–water partition coefficient (Wildman–Crippen LogP) is 5.21. The Bertz CT molecular complexity index is 1230. The van der Waals surface area contributed by atoms with Crippen molar-refractivity contribution in [3.63, 3.8) is 0 Å². The van der Waals surface area contributed by atoms with Gasteiger partial charge >= 0.3 is 0 Å². The van der Waals surface area contributed by atoms with Gasteiger partial charge in [-0.05, 0) is 34.4 Å². The molecule has 1 fully saturated rings. The van der Waals surface area contributed by atoms with Crippen LogP contribution in [0.2, 0.25) is 5.02 Å². The van der Waals surface area contributed by atoms with Crippen molar-refractivity contribution in [3.05, 3.63) is 118 Å². The van der Waals surface area contributed by atoms with Gasteiger partial charge in [-0.3, -0.25) is 14.5 Å². The van der Waals surface area contributed by atoms with E-state index < -0.39 is 11.3 Å². The number of imide groups is 1. The standard InChI is InChI=1S/C27H20ClNO2/c28-19-12-10-18(11-13-19)23-21-14-15-27(22-9-5-4-8-20(21)22)24(23)25(30)29(26(27)31)16-17-6-2-1-3-7-17/h1-15,21,23-24H,16H2/t21-,23-,24-,27-/m1/s1. The number of allylic oxidation sites excluding steroid dienone is 1. The molecule has 2 bridgehead atoms. The smallest absolute Gasteiger partial charge is 0.244 e. The molecule has 152 valence electrons. The van der Waals surface area contributed by atoms with Crippen molar-refractivity contribution < 1.29 is 9.59 Å². The lowest BCUT2D eigenvalue weighted by Gasteiger charge is -2.48. The number of rotatable bonds is 3. The van der Waals surface area contributed by atoms with Crippen LogP contribution in [0.4, 0.5) is 0 Å². The van der Waals surface area contributed by atoms with Crippen molar-refractivity contribution in [2.75, 3.05) is 0 Å². The van der Waals surface area contributed by atoms with Gasteiger partial charge in [0, 0.05) is 16.9 Å². The first-order valence-electron chi connectivity index (χ1n) is 10.6. The highest BCUT2D eigenvalue weighted by Gasteiger charge is 2.67. The second-order valence-corrected chi connectivity index (χ2v) is 9.05. The normalized spacial score (nSPS) is 28.0. The number of carbonyl (C=O) groups excluding carboxylic acids is 2. The van der Waals surface area contributed by atoms with E-state index in [-0.39, 0.29) is 23.7 Å². The first-order chi connectivity index (χ1) is 15.1. The van der Waals surface area contributed by atoms with Gasteiger partial charge in [-0.15, -0.1) is 0 Å². The van der Waals surface area contributed by atoms with Gasteiger partial charge in [0.15, 0.2) is 0 Å². The summed E-state index contributed by atoms with van der Waals surface area (Å²) in [7, 11) is 0. The number of halogens is 1. The molecule has 7 rings (SSSR count). The van der Waals surface area contributed by atoms with Gasteiger partial charge in [0.1, 0.15) is 5.41 Å². The summed E-state index contributed by atoms with van der Waals surface area (Å²) in [5.41, 5.74) is 3.18. The molecule has 3 aromatic rings. The summed E-state index contributed by atoms with van der Waals surface area (Å²) in [4.78, 5) is 29.3. The molecule has 4 heteroatoms. The Kier molecular flexibility index (Phi) is 4.00. The van der Waals surface area contributed by atoms with Crippen LogP contribution in [0, 0.1) is 5.92 Å². The van der Waals surface area contributed by atoms with Gasteiger partial charge < -0.3 is 0 Å². The average molecular weight is 426 g/mol. The van der Waals surface area contributed by atoms with Crippen LogP contribution in [0.25, 0.3) is 0 Å². The number of amides is 2. The minimum atomic E-state index is -0.943. The molecule has 0 radical (unpaired) electrons. The van der Waals surface area contributed by atoms with Gasteiger partial charge in [-0.2, -0.15) is 0 Å². The minimum absolute atomic E-state index is 0.0534. The highest BCUT2D eigenvalue weighted by molar-refractivity contribution is 6.30. The SMILES string of the molecule is O=C1[C@H]2[C@H](c3ccc(Cl)cc3)[C@@H]3C=C[C@@]2(C(=O)N1Cc1ccccc1)c1ccccc13. The number of hydrogen-bond donors (Lipinski definition) is 0. The van der Waals surface area contributed by atoms with Gasteiger partial charge in [0.2, 0.25) is 11.8 Å². The first kappa shape index (κ1) is 18.6. The van der Waals surface area contributed by atoms with E-state index in [4.69, 9.17) is 11.6 Å². The third-order valence-electron chi connectivity index (χ3n) is 7.14. The Labute approximate surface area is 186 Å². The summed E-state index contributed by atoms with van der Waals surface area (Å²) in [5, 5.41) is 0.662. The topological polar surface area (TPSA) is 37.4 Å². The van der Waals surface area contributed by atoms with E-state index in [1.165, 1.54) is 4.90 Å². The van der Waals surface area contributed by atoms with E-state index in [0.717, 1.165) is 22.3 Å². The van der Waals surface area contributed by atoms with E-state index in [2.05, 4.69) is 12.1 Å². The number of nitrogens with zero attached hydrogens (tertiary/aromatic N) is 1. The fraction of sp³-hybridized carbons (Fsp3) is 0.185. The molecule has 3 aliphatic carbocycles. The summed E-state index contributed by atoms with van der Waals surface area (Å²) < 4.78 is 0. The Balaban J connectivity index is 1.54. The van der Waals surface area contributed by atoms with Crippen LogP contribution in [0.15, 0.2) is 91.0 Å². The molecule has 0 unspecified atom stereocenters. The molecule has 4 aliphatic rings. The first-order valence-corrected chi connectivity index (χ1v) is 10.9.